The molecule has 0 bridgehead atoms. The number of methoxy groups -OCH3 is 1. The lowest BCUT2D eigenvalue weighted by molar-refractivity contribution is -0.145. The fourth-order valence-electron chi connectivity index (χ4n) is 3.08. The molecule has 8 nitrogen and oxygen atoms in total. The smallest absolute Gasteiger partial charge is 0.408 e. The normalized spacial score (nSPS) is 13.5. The standard InChI is InChI=1S/C23H36N2O6/c1-4-5-6-7-8-12-15-19(22(28)30-3)24-21(27)20(17(2)26)25-23(29)31-16-18-13-10-9-11-14-18/h9-11,13-14,17,19-20,26H,4-8,12,15-16H2,1-3H3,(H,24,27)(H,25,29)/t17-,19-,20+/m1/s1. The highest BCUT2D eigenvalue weighted by Gasteiger charge is 2.30. The lowest BCUT2D eigenvalue weighted by atomic mass is 10.0. The second-order valence-electron chi connectivity index (χ2n) is 7.57. The van der Waals surface area contributed by atoms with Crippen LogP contribution in [0.25, 0.3) is 0 Å². The Hall–Kier alpha value is -2.61. The summed E-state index contributed by atoms with van der Waals surface area (Å²) in [6.07, 6.45) is 4.66. The molecule has 2 amide bonds. The van der Waals surface area contributed by atoms with Crippen LogP contribution in [-0.2, 0) is 25.7 Å². The molecule has 0 spiro atoms. The number of unbranched alkanes of at least 4 members (excludes halogenated alkanes) is 5. The number of nitrogens with one attached hydrogen (secondary N) is 2. The van der Waals surface area contributed by atoms with Gasteiger partial charge in [0.2, 0.25) is 5.91 Å². The average molecular weight is 437 g/mol. The number of alkyl carbamates (subject to hydrolysis) is 1. The maximum atomic E-state index is 12.7. The second kappa shape index (κ2) is 15.2. The molecule has 0 saturated heterocycles. The molecule has 0 heterocycles. The first kappa shape index (κ1) is 26.4. The zero-order valence-corrected chi connectivity index (χ0v) is 18.8. The zero-order valence-electron chi connectivity index (χ0n) is 18.8. The van der Waals surface area contributed by atoms with E-state index in [1.807, 2.05) is 18.2 Å². The van der Waals surface area contributed by atoms with Crippen molar-refractivity contribution in [1.29, 1.82) is 0 Å². The van der Waals surface area contributed by atoms with E-state index in [0.717, 1.165) is 37.7 Å². The number of ether oxygens (including phenoxy) is 2. The maximum Gasteiger partial charge on any atom is 0.408 e. The maximum absolute atomic E-state index is 12.7. The van der Waals surface area contributed by atoms with Crippen molar-refractivity contribution < 1.29 is 29.0 Å². The van der Waals surface area contributed by atoms with Gasteiger partial charge in [0.25, 0.3) is 0 Å². The zero-order chi connectivity index (χ0) is 23.1. The predicted octanol–water partition coefficient (Wildman–Crippen LogP) is 3.07. The van der Waals surface area contributed by atoms with Gasteiger partial charge in [-0.1, -0.05) is 75.8 Å². The number of hydrogen-bond acceptors (Lipinski definition) is 6. The van der Waals surface area contributed by atoms with E-state index in [9.17, 15) is 19.5 Å². The van der Waals surface area contributed by atoms with Crippen LogP contribution in [0.4, 0.5) is 4.79 Å². The summed E-state index contributed by atoms with van der Waals surface area (Å²) in [4.78, 5) is 36.8. The van der Waals surface area contributed by atoms with Crippen LogP contribution in [-0.4, -0.2) is 48.4 Å². The van der Waals surface area contributed by atoms with Gasteiger partial charge in [-0.3, -0.25) is 4.79 Å². The van der Waals surface area contributed by atoms with Gasteiger partial charge in [-0.25, -0.2) is 9.59 Å². The van der Waals surface area contributed by atoms with Crippen LogP contribution in [0.15, 0.2) is 30.3 Å². The Kier molecular flexibility index (Phi) is 13.0. The van der Waals surface area contributed by atoms with E-state index in [1.165, 1.54) is 20.5 Å². The molecule has 0 fully saturated rings. The minimum Gasteiger partial charge on any atom is -0.467 e. The molecular formula is C23H36N2O6. The Morgan fingerprint density at radius 2 is 1.65 bits per heavy atom. The van der Waals surface area contributed by atoms with Gasteiger partial charge in [-0.2, -0.15) is 0 Å². The van der Waals surface area contributed by atoms with Gasteiger partial charge < -0.3 is 25.2 Å². The molecule has 1 aromatic rings. The number of benzene rings is 1. The van der Waals surface area contributed by atoms with E-state index >= 15 is 0 Å². The molecule has 174 valence electrons. The van der Waals surface area contributed by atoms with E-state index in [-0.39, 0.29) is 6.61 Å². The van der Waals surface area contributed by atoms with Crippen molar-refractivity contribution in [2.24, 2.45) is 0 Å². The first-order valence-electron chi connectivity index (χ1n) is 10.9. The van der Waals surface area contributed by atoms with E-state index in [4.69, 9.17) is 9.47 Å². The lowest BCUT2D eigenvalue weighted by Crippen LogP contribution is -2.55. The van der Waals surface area contributed by atoms with Gasteiger partial charge in [0.1, 0.15) is 18.7 Å². The monoisotopic (exact) mass is 436 g/mol. The van der Waals surface area contributed by atoms with Crippen molar-refractivity contribution in [1.82, 2.24) is 10.6 Å². The molecule has 8 heteroatoms. The summed E-state index contributed by atoms with van der Waals surface area (Å²) in [6.45, 7) is 3.55. The van der Waals surface area contributed by atoms with Crippen LogP contribution in [0.1, 0.15) is 64.4 Å². The van der Waals surface area contributed by atoms with Crippen LogP contribution in [0.3, 0.4) is 0 Å². The van der Waals surface area contributed by atoms with Crippen LogP contribution < -0.4 is 10.6 Å². The summed E-state index contributed by atoms with van der Waals surface area (Å²) >= 11 is 0. The number of carbonyl (C=O) groups is 3. The van der Waals surface area contributed by atoms with E-state index in [1.54, 1.807) is 12.1 Å². The molecule has 0 aliphatic heterocycles. The summed E-state index contributed by atoms with van der Waals surface area (Å²) in [5.74, 6) is -1.23. The predicted molar refractivity (Wildman–Crippen MR) is 117 cm³/mol. The second-order valence-corrected chi connectivity index (χ2v) is 7.57. The van der Waals surface area contributed by atoms with Gasteiger partial charge in [0.05, 0.1) is 13.2 Å². The highest BCUT2D eigenvalue weighted by molar-refractivity contribution is 5.90. The quantitative estimate of drug-likeness (QED) is 0.305. The third kappa shape index (κ3) is 10.8. The van der Waals surface area contributed by atoms with E-state index in [0.29, 0.717) is 6.42 Å². The summed E-state index contributed by atoms with van der Waals surface area (Å²) in [6, 6.07) is 6.98. The van der Waals surface area contributed by atoms with Crippen molar-refractivity contribution in [3.05, 3.63) is 35.9 Å². The average Bonchev–Trinajstić information content (AvgIpc) is 2.77. The van der Waals surface area contributed by atoms with Gasteiger partial charge >= 0.3 is 12.1 Å². The molecule has 3 atom stereocenters. The molecule has 3 N–H and O–H groups in total. The van der Waals surface area contributed by atoms with Gasteiger partial charge in [0, 0.05) is 0 Å². The first-order valence-corrected chi connectivity index (χ1v) is 10.9. The lowest BCUT2D eigenvalue weighted by Gasteiger charge is -2.23. The van der Waals surface area contributed by atoms with Crippen molar-refractivity contribution in [3.8, 4) is 0 Å². The summed E-state index contributed by atoms with van der Waals surface area (Å²) in [5, 5.41) is 14.9. The molecule has 0 aromatic heterocycles. The van der Waals surface area contributed by atoms with Crippen LogP contribution >= 0.6 is 0 Å². The number of carbonyl (C=O) groups excluding carboxylic acids is 3. The van der Waals surface area contributed by atoms with Gasteiger partial charge in [-0.05, 0) is 18.9 Å². The third-order valence-electron chi connectivity index (χ3n) is 4.90. The summed E-state index contributed by atoms with van der Waals surface area (Å²) in [5.41, 5.74) is 0.792. The van der Waals surface area contributed by atoms with E-state index < -0.39 is 36.2 Å². The molecule has 31 heavy (non-hydrogen) atoms. The fraction of sp³-hybridized carbons (Fsp3) is 0.609. The summed E-state index contributed by atoms with van der Waals surface area (Å²) < 4.78 is 9.90. The number of aliphatic hydroxyl groups excluding tert-OH is 1. The van der Waals surface area contributed by atoms with Crippen molar-refractivity contribution in [2.45, 2.75) is 83.6 Å². The summed E-state index contributed by atoms with van der Waals surface area (Å²) in [7, 11) is 1.26. The first-order chi connectivity index (χ1) is 14.9. The fourth-order valence-corrected chi connectivity index (χ4v) is 3.08. The van der Waals surface area contributed by atoms with Gasteiger partial charge in [0.15, 0.2) is 0 Å². The molecule has 0 saturated carbocycles. The highest BCUT2D eigenvalue weighted by Crippen LogP contribution is 2.10. The van der Waals surface area contributed by atoms with Gasteiger partial charge in [-0.15, -0.1) is 0 Å². The molecule has 1 rings (SSSR count). The molecule has 0 aliphatic rings. The molecule has 1 aromatic carbocycles. The Labute approximate surface area is 184 Å². The molecule has 0 radical (unpaired) electrons. The Balaban J connectivity index is 2.58. The topological polar surface area (TPSA) is 114 Å². The Morgan fingerprint density at radius 1 is 1.00 bits per heavy atom. The molecule has 0 aliphatic carbocycles. The van der Waals surface area contributed by atoms with Crippen LogP contribution in [0, 0.1) is 0 Å². The SMILES string of the molecule is CCCCCCCC[C@@H](NC(=O)[C@@H](NC(=O)OCc1ccccc1)[C@@H](C)O)C(=O)OC. The number of hydrogen-bond donors (Lipinski definition) is 3. The number of esters is 1. The Bertz CT molecular complexity index is 665. The Morgan fingerprint density at radius 3 is 2.26 bits per heavy atom. The largest absolute Gasteiger partial charge is 0.467 e. The minimum atomic E-state index is -1.26. The van der Waals surface area contributed by atoms with Crippen LogP contribution in [0.5, 0.6) is 0 Å². The third-order valence-corrected chi connectivity index (χ3v) is 4.90. The highest BCUT2D eigenvalue weighted by atomic mass is 16.5. The van der Waals surface area contributed by atoms with Crippen molar-refractivity contribution >= 4 is 18.0 Å². The van der Waals surface area contributed by atoms with Crippen molar-refractivity contribution in [2.75, 3.05) is 7.11 Å². The van der Waals surface area contributed by atoms with Crippen molar-refractivity contribution in [3.63, 3.8) is 0 Å². The molecule has 0 unspecified atom stereocenters. The number of amides is 2. The van der Waals surface area contributed by atoms with Crippen LogP contribution in [0.2, 0.25) is 0 Å². The van der Waals surface area contributed by atoms with E-state index in [2.05, 4.69) is 17.6 Å². The minimum absolute atomic E-state index is 0.0314. The number of rotatable bonds is 14. The molecular weight excluding hydrogens is 400 g/mol. The number of aliphatic hydroxyl groups is 1.